The largest absolute Gasteiger partial charge is 0.378 e. The molecule has 0 aliphatic carbocycles. The van der Waals surface area contributed by atoms with Gasteiger partial charge in [-0.25, -0.2) is 9.97 Å². The quantitative estimate of drug-likeness (QED) is 0.936. The van der Waals surface area contributed by atoms with Gasteiger partial charge in [0.25, 0.3) is 0 Å². The number of piperidine rings is 1. The molecule has 2 fully saturated rings. The molecule has 0 atom stereocenters. The fraction of sp³-hybridized carbons (Fsp3) is 0.667. The number of nitrogens with one attached hydrogen (secondary N) is 1. The van der Waals surface area contributed by atoms with Crippen molar-refractivity contribution >= 4 is 16.9 Å². The summed E-state index contributed by atoms with van der Waals surface area (Å²) in [4.78, 5) is 12.1. The molecule has 4 heterocycles. The van der Waals surface area contributed by atoms with E-state index in [9.17, 15) is 0 Å². The topological polar surface area (TPSA) is 55.2 Å². The zero-order chi connectivity index (χ0) is 16.5. The van der Waals surface area contributed by atoms with Gasteiger partial charge < -0.3 is 19.5 Å². The number of fused-ring (bicyclic) bond motifs is 1. The summed E-state index contributed by atoms with van der Waals surface area (Å²) < 4.78 is 7.79. The molecule has 4 rings (SSSR count). The highest BCUT2D eigenvalue weighted by atomic mass is 16.5. The number of nitrogens with zero attached hydrogens (tertiary/aromatic N) is 4. The van der Waals surface area contributed by atoms with Crippen LogP contribution in [0.4, 0.5) is 5.82 Å². The Morgan fingerprint density at radius 3 is 2.67 bits per heavy atom. The number of rotatable bonds is 3. The SMILES string of the molecule is CC(C)n1cnc2c(N3CCOCC3)nc(C3CCNCC3)cc21. The molecule has 0 aromatic carbocycles. The first-order valence-corrected chi connectivity index (χ1v) is 9.15. The molecule has 6 nitrogen and oxygen atoms in total. The molecule has 0 bridgehead atoms. The lowest BCUT2D eigenvalue weighted by molar-refractivity contribution is 0.122. The Morgan fingerprint density at radius 2 is 1.96 bits per heavy atom. The fourth-order valence-electron chi connectivity index (χ4n) is 3.77. The summed E-state index contributed by atoms with van der Waals surface area (Å²) in [6.45, 7) is 9.91. The highest BCUT2D eigenvalue weighted by molar-refractivity contribution is 5.87. The van der Waals surface area contributed by atoms with E-state index in [4.69, 9.17) is 14.7 Å². The summed E-state index contributed by atoms with van der Waals surface area (Å²) in [6, 6.07) is 2.68. The monoisotopic (exact) mass is 329 g/mol. The summed E-state index contributed by atoms with van der Waals surface area (Å²) in [6.07, 6.45) is 4.29. The summed E-state index contributed by atoms with van der Waals surface area (Å²) >= 11 is 0. The van der Waals surface area contributed by atoms with Gasteiger partial charge in [-0.1, -0.05) is 0 Å². The van der Waals surface area contributed by atoms with Gasteiger partial charge in [0.05, 0.1) is 25.1 Å². The molecule has 2 aromatic rings. The lowest BCUT2D eigenvalue weighted by Gasteiger charge is -2.29. The number of hydrogen-bond donors (Lipinski definition) is 1. The molecule has 0 radical (unpaired) electrons. The van der Waals surface area contributed by atoms with E-state index in [1.807, 2.05) is 6.33 Å². The van der Waals surface area contributed by atoms with Crippen LogP contribution < -0.4 is 10.2 Å². The maximum absolute atomic E-state index is 5.52. The van der Waals surface area contributed by atoms with Crippen LogP contribution >= 0.6 is 0 Å². The molecule has 24 heavy (non-hydrogen) atoms. The van der Waals surface area contributed by atoms with Crippen molar-refractivity contribution in [3.05, 3.63) is 18.1 Å². The maximum Gasteiger partial charge on any atom is 0.157 e. The number of aromatic nitrogens is 3. The Kier molecular flexibility index (Phi) is 4.41. The highest BCUT2D eigenvalue weighted by Gasteiger charge is 2.23. The second kappa shape index (κ2) is 6.69. The number of ether oxygens (including phenoxy) is 1. The average molecular weight is 329 g/mol. The zero-order valence-electron chi connectivity index (χ0n) is 14.7. The number of imidazole rings is 1. The zero-order valence-corrected chi connectivity index (χ0v) is 14.7. The van der Waals surface area contributed by atoms with Crippen molar-refractivity contribution in [2.24, 2.45) is 0 Å². The molecular weight excluding hydrogens is 302 g/mol. The molecule has 2 saturated heterocycles. The minimum absolute atomic E-state index is 0.399. The van der Waals surface area contributed by atoms with Gasteiger partial charge in [-0.15, -0.1) is 0 Å². The van der Waals surface area contributed by atoms with Crippen LogP contribution in [0.1, 0.15) is 44.3 Å². The third-order valence-electron chi connectivity index (χ3n) is 5.19. The lowest BCUT2D eigenvalue weighted by Crippen LogP contribution is -2.37. The minimum Gasteiger partial charge on any atom is -0.378 e. The predicted molar refractivity (Wildman–Crippen MR) is 95.8 cm³/mol. The standard InChI is InChI=1S/C18H27N5O/c1-13(2)23-12-20-17-16(23)11-15(14-3-5-19-6-4-14)21-18(17)22-7-9-24-10-8-22/h11-14,19H,3-10H2,1-2H3. The van der Waals surface area contributed by atoms with E-state index in [-0.39, 0.29) is 0 Å². The number of hydrogen-bond acceptors (Lipinski definition) is 5. The first kappa shape index (κ1) is 15.8. The summed E-state index contributed by atoms with van der Waals surface area (Å²) in [7, 11) is 0. The molecule has 0 unspecified atom stereocenters. The van der Waals surface area contributed by atoms with Crippen LogP contribution in [0, 0.1) is 0 Å². The third kappa shape index (κ3) is 2.89. The van der Waals surface area contributed by atoms with Gasteiger partial charge in [-0.05, 0) is 45.8 Å². The Labute approximate surface area is 143 Å². The first-order valence-electron chi connectivity index (χ1n) is 9.15. The van der Waals surface area contributed by atoms with E-state index in [1.165, 1.54) is 11.2 Å². The van der Waals surface area contributed by atoms with E-state index in [1.54, 1.807) is 0 Å². The second-order valence-corrected chi connectivity index (χ2v) is 7.11. The van der Waals surface area contributed by atoms with Gasteiger partial charge in [0.1, 0.15) is 5.52 Å². The average Bonchev–Trinajstić information content (AvgIpc) is 3.06. The van der Waals surface area contributed by atoms with Gasteiger partial charge >= 0.3 is 0 Å². The number of pyridine rings is 1. The molecular formula is C18H27N5O. The van der Waals surface area contributed by atoms with Crippen molar-refractivity contribution in [1.82, 2.24) is 19.9 Å². The van der Waals surface area contributed by atoms with Crippen molar-refractivity contribution in [1.29, 1.82) is 0 Å². The summed E-state index contributed by atoms with van der Waals surface area (Å²) in [5.74, 6) is 1.59. The molecule has 2 aliphatic heterocycles. The molecule has 6 heteroatoms. The molecule has 0 amide bonds. The summed E-state index contributed by atoms with van der Waals surface area (Å²) in [5, 5.41) is 3.45. The molecule has 130 valence electrons. The molecule has 0 saturated carbocycles. The van der Waals surface area contributed by atoms with E-state index in [0.717, 1.165) is 63.6 Å². The number of morpholine rings is 1. The van der Waals surface area contributed by atoms with Crippen LogP contribution in [0.25, 0.3) is 11.0 Å². The molecule has 0 spiro atoms. The van der Waals surface area contributed by atoms with Gasteiger partial charge in [-0.3, -0.25) is 0 Å². The van der Waals surface area contributed by atoms with E-state index < -0.39 is 0 Å². The minimum atomic E-state index is 0.399. The van der Waals surface area contributed by atoms with Gasteiger partial charge in [0, 0.05) is 30.7 Å². The number of anilines is 1. The maximum atomic E-state index is 5.52. The van der Waals surface area contributed by atoms with E-state index in [0.29, 0.717) is 12.0 Å². The van der Waals surface area contributed by atoms with Crippen molar-refractivity contribution in [3.8, 4) is 0 Å². The second-order valence-electron chi connectivity index (χ2n) is 7.11. The van der Waals surface area contributed by atoms with Crippen molar-refractivity contribution in [3.63, 3.8) is 0 Å². The van der Waals surface area contributed by atoms with Gasteiger partial charge in [-0.2, -0.15) is 0 Å². The van der Waals surface area contributed by atoms with E-state index in [2.05, 4.69) is 34.7 Å². The van der Waals surface area contributed by atoms with Crippen molar-refractivity contribution in [2.75, 3.05) is 44.3 Å². The predicted octanol–water partition coefficient (Wildman–Crippen LogP) is 2.32. The first-order chi connectivity index (χ1) is 11.7. The molecule has 2 aliphatic rings. The summed E-state index contributed by atoms with van der Waals surface area (Å²) in [5.41, 5.74) is 3.48. The van der Waals surface area contributed by atoms with Crippen LogP contribution in [0.5, 0.6) is 0 Å². The molecule has 1 N–H and O–H groups in total. The Bertz CT molecular complexity index is 699. The van der Waals surface area contributed by atoms with Crippen LogP contribution in [0.15, 0.2) is 12.4 Å². The van der Waals surface area contributed by atoms with Crippen molar-refractivity contribution < 1.29 is 4.74 Å². The highest BCUT2D eigenvalue weighted by Crippen LogP contribution is 2.32. The lowest BCUT2D eigenvalue weighted by atomic mass is 9.94. The van der Waals surface area contributed by atoms with Crippen LogP contribution in [-0.2, 0) is 4.74 Å². The Morgan fingerprint density at radius 1 is 1.21 bits per heavy atom. The van der Waals surface area contributed by atoms with Crippen LogP contribution in [0.3, 0.4) is 0 Å². The van der Waals surface area contributed by atoms with Crippen LogP contribution in [0.2, 0.25) is 0 Å². The van der Waals surface area contributed by atoms with Crippen molar-refractivity contribution in [2.45, 2.75) is 38.6 Å². The normalized spacial score (nSPS) is 20.2. The molecule has 2 aromatic heterocycles. The van der Waals surface area contributed by atoms with Gasteiger partial charge in [0.2, 0.25) is 0 Å². The van der Waals surface area contributed by atoms with Crippen LogP contribution in [-0.4, -0.2) is 53.9 Å². The Hall–Kier alpha value is -1.66. The third-order valence-corrected chi connectivity index (χ3v) is 5.19. The fourth-order valence-corrected chi connectivity index (χ4v) is 3.77. The van der Waals surface area contributed by atoms with Gasteiger partial charge in [0.15, 0.2) is 5.82 Å². The van der Waals surface area contributed by atoms with E-state index >= 15 is 0 Å². The smallest absolute Gasteiger partial charge is 0.157 e. The Balaban J connectivity index is 1.81.